The molecule has 0 aliphatic carbocycles. The van der Waals surface area contributed by atoms with E-state index in [-0.39, 0.29) is 5.41 Å². The average Bonchev–Trinajstić information content (AvgIpc) is 4.02. The third-order valence-electron chi connectivity index (χ3n) is 12.9. The molecule has 8 aromatic carbocycles. The van der Waals surface area contributed by atoms with E-state index in [9.17, 15) is 0 Å². The van der Waals surface area contributed by atoms with Crippen molar-refractivity contribution in [3.05, 3.63) is 218 Å². The molecule has 12 rings (SSSR count). The van der Waals surface area contributed by atoms with Gasteiger partial charge in [0.15, 0.2) is 0 Å². The Morgan fingerprint density at radius 1 is 0.452 bits per heavy atom. The molecule has 0 saturated carbocycles. The third kappa shape index (κ3) is 5.62. The summed E-state index contributed by atoms with van der Waals surface area (Å²) in [4.78, 5) is 14.4. The Morgan fingerprint density at radius 2 is 1.13 bits per heavy atom. The van der Waals surface area contributed by atoms with Crippen LogP contribution in [0.4, 0.5) is 0 Å². The number of imidazole rings is 1. The van der Waals surface area contributed by atoms with Crippen LogP contribution in [0.2, 0.25) is 0 Å². The van der Waals surface area contributed by atoms with Crippen molar-refractivity contribution in [1.29, 1.82) is 0 Å². The minimum Gasteiger partial charge on any atom is -0.354 e. The minimum absolute atomic E-state index is 0.219. The number of fused-ring (bicyclic) bond motifs is 7. The van der Waals surface area contributed by atoms with Crippen LogP contribution in [0, 0.1) is 0 Å². The molecule has 1 N–H and O–H groups in total. The van der Waals surface area contributed by atoms with Gasteiger partial charge < -0.3 is 4.98 Å². The first-order chi connectivity index (χ1) is 30.5. The summed E-state index contributed by atoms with van der Waals surface area (Å²) in [5, 5.41) is 4.75. The second-order valence-electron chi connectivity index (χ2n) is 16.7. The molecule has 0 bridgehead atoms. The summed E-state index contributed by atoms with van der Waals surface area (Å²) < 4.78 is 4.67. The quantitative estimate of drug-likeness (QED) is 0.175. The van der Waals surface area contributed by atoms with Gasteiger partial charge in [-0.2, -0.15) is 0 Å². The smallest absolute Gasteiger partial charge is 0.147 e. The first-order valence-electron chi connectivity index (χ1n) is 21.2. The van der Waals surface area contributed by atoms with Crippen molar-refractivity contribution in [3.8, 4) is 45.1 Å². The van der Waals surface area contributed by atoms with Gasteiger partial charge in [-0.1, -0.05) is 159 Å². The highest BCUT2D eigenvalue weighted by Crippen LogP contribution is 2.42. The lowest BCUT2D eigenvalue weighted by Crippen LogP contribution is -2.18. The zero-order valence-electron chi connectivity index (χ0n) is 34.4. The summed E-state index contributed by atoms with van der Waals surface area (Å²) in [6.45, 7) is 4.62. The lowest BCUT2D eigenvalue weighted by Gasteiger charge is -2.26. The fourth-order valence-corrected chi connectivity index (χ4v) is 9.60. The number of aromatic amines is 1. The van der Waals surface area contributed by atoms with Gasteiger partial charge in [-0.05, 0) is 82.4 Å². The van der Waals surface area contributed by atoms with E-state index in [4.69, 9.17) is 9.97 Å². The highest BCUT2D eigenvalue weighted by Gasteiger charge is 2.26. The fourth-order valence-electron chi connectivity index (χ4n) is 9.60. The van der Waals surface area contributed by atoms with Gasteiger partial charge in [0.25, 0.3) is 0 Å². The molecule has 0 saturated heterocycles. The number of rotatable bonds is 7. The molecule has 4 aromatic heterocycles. The molecule has 0 aliphatic heterocycles. The molecule has 4 heterocycles. The predicted molar refractivity (Wildman–Crippen MR) is 257 cm³/mol. The first-order valence-corrected chi connectivity index (χ1v) is 21.2. The molecule has 62 heavy (non-hydrogen) atoms. The second kappa shape index (κ2) is 14.0. The summed E-state index contributed by atoms with van der Waals surface area (Å²) in [5.41, 5.74) is 15.2. The summed E-state index contributed by atoms with van der Waals surface area (Å²) in [7, 11) is 0. The van der Waals surface area contributed by atoms with Gasteiger partial charge in [0, 0.05) is 55.5 Å². The van der Waals surface area contributed by atoms with Crippen LogP contribution < -0.4 is 0 Å². The molecule has 0 aliphatic rings. The molecule has 5 heteroatoms. The summed E-state index contributed by atoms with van der Waals surface area (Å²) in [5.74, 6) is 1.76. The standard InChI is InChI=1S/C57H41N5/c1-57(2,40-18-8-4-9-19-40)41-29-31-46-45-30-28-39(34-51(45)62(52(46)36-41)53-35-38(32-33-58-53)37-16-6-3-7-17-37)43-23-15-27-50-55(43)60-56(61(50)42-20-10-5-11-21-42)48-25-14-24-47-44-22-12-13-26-49(44)59-54(47)48/h3-36,59H,1-2H3. The van der Waals surface area contributed by atoms with E-state index in [1.54, 1.807) is 0 Å². The van der Waals surface area contributed by atoms with E-state index >= 15 is 0 Å². The molecule has 0 amide bonds. The summed E-state index contributed by atoms with van der Waals surface area (Å²) >= 11 is 0. The molecule has 0 radical (unpaired) electrons. The highest BCUT2D eigenvalue weighted by molar-refractivity contribution is 6.13. The van der Waals surface area contributed by atoms with Gasteiger partial charge in [-0.3, -0.25) is 9.13 Å². The molecule has 0 atom stereocenters. The van der Waals surface area contributed by atoms with E-state index in [2.05, 4.69) is 228 Å². The zero-order chi connectivity index (χ0) is 41.4. The number of para-hydroxylation sites is 4. The topological polar surface area (TPSA) is 51.4 Å². The predicted octanol–water partition coefficient (Wildman–Crippen LogP) is 14.5. The monoisotopic (exact) mass is 795 g/mol. The zero-order valence-corrected chi connectivity index (χ0v) is 34.4. The first kappa shape index (κ1) is 35.9. The van der Waals surface area contributed by atoms with E-state index < -0.39 is 0 Å². The Morgan fingerprint density at radius 3 is 1.95 bits per heavy atom. The highest BCUT2D eigenvalue weighted by atomic mass is 15.1. The molecule has 5 nitrogen and oxygen atoms in total. The van der Waals surface area contributed by atoms with E-state index in [1.807, 2.05) is 6.20 Å². The Balaban J connectivity index is 1.10. The molecule has 0 fully saturated rings. The van der Waals surface area contributed by atoms with Gasteiger partial charge in [-0.25, -0.2) is 9.97 Å². The normalized spacial score (nSPS) is 12.0. The van der Waals surface area contributed by atoms with Crippen molar-refractivity contribution in [2.24, 2.45) is 0 Å². The lowest BCUT2D eigenvalue weighted by atomic mass is 9.78. The maximum Gasteiger partial charge on any atom is 0.147 e. The average molecular weight is 796 g/mol. The van der Waals surface area contributed by atoms with Crippen molar-refractivity contribution >= 4 is 54.6 Å². The van der Waals surface area contributed by atoms with Gasteiger partial charge in [-0.15, -0.1) is 0 Å². The number of nitrogens with one attached hydrogen (secondary N) is 1. The van der Waals surface area contributed by atoms with E-state index in [1.165, 1.54) is 32.7 Å². The van der Waals surface area contributed by atoms with Crippen LogP contribution >= 0.6 is 0 Å². The second-order valence-corrected chi connectivity index (χ2v) is 16.7. The van der Waals surface area contributed by atoms with Crippen LogP contribution in [-0.4, -0.2) is 24.1 Å². The van der Waals surface area contributed by atoms with Crippen molar-refractivity contribution in [2.75, 3.05) is 0 Å². The maximum atomic E-state index is 5.60. The number of H-pyrrole nitrogens is 1. The van der Waals surface area contributed by atoms with Crippen LogP contribution in [0.15, 0.2) is 206 Å². The van der Waals surface area contributed by atoms with Gasteiger partial charge in [0.05, 0.1) is 27.6 Å². The number of pyridine rings is 1. The van der Waals surface area contributed by atoms with Gasteiger partial charge in [0.2, 0.25) is 0 Å². The van der Waals surface area contributed by atoms with Crippen molar-refractivity contribution in [1.82, 2.24) is 24.1 Å². The van der Waals surface area contributed by atoms with E-state index in [0.29, 0.717) is 0 Å². The minimum atomic E-state index is -0.219. The SMILES string of the molecule is CC(C)(c1ccccc1)c1ccc2c3ccc(-c4cccc5c4nc(-c4cccc6c4[nH]c4ccccc46)n5-c4ccccc4)cc3n(-c3cc(-c4ccccc4)ccn3)c2c1. The van der Waals surface area contributed by atoms with Crippen molar-refractivity contribution < 1.29 is 0 Å². The van der Waals surface area contributed by atoms with Crippen LogP contribution in [0.5, 0.6) is 0 Å². The number of hydrogen-bond donors (Lipinski definition) is 1. The molecular formula is C57H41N5. The molecular weight excluding hydrogens is 755 g/mol. The Kier molecular flexibility index (Phi) is 8.12. The lowest BCUT2D eigenvalue weighted by molar-refractivity contribution is 0.641. The number of nitrogens with zero attached hydrogens (tertiary/aromatic N) is 4. The fraction of sp³-hybridized carbons (Fsp3) is 0.0526. The largest absolute Gasteiger partial charge is 0.354 e. The third-order valence-corrected chi connectivity index (χ3v) is 12.9. The number of aromatic nitrogens is 5. The van der Waals surface area contributed by atoms with Crippen LogP contribution in [-0.2, 0) is 5.41 Å². The summed E-state index contributed by atoms with van der Waals surface area (Å²) in [6.07, 6.45) is 1.93. The van der Waals surface area contributed by atoms with E-state index in [0.717, 1.165) is 78.2 Å². The number of benzene rings is 8. The molecule has 12 aromatic rings. The molecule has 294 valence electrons. The number of hydrogen-bond acceptors (Lipinski definition) is 2. The van der Waals surface area contributed by atoms with Crippen LogP contribution in [0.25, 0.3) is 99.8 Å². The van der Waals surface area contributed by atoms with Crippen LogP contribution in [0.3, 0.4) is 0 Å². The Bertz CT molecular complexity index is 3650. The molecule has 0 unspecified atom stereocenters. The van der Waals surface area contributed by atoms with Crippen LogP contribution in [0.1, 0.15) is 25.0 Å². The Labute approximate surface area is 359 Å². The van der Waals surface area contributed by atoms with Gasteiger partial charge >= 0.3 is 0 Å². The summed E-state index contributed by atoms with van der Waals surface area (Å²) in [6, 6.07) is 71.7. The van der Waals surface area contributed by atoms with Gasteiger partial charge in [0.1, 0.15) is 11.6 Å². The van der Waals surface area contributed by atoms with Crippen molar-refractivity contribution in [3.63, 3.8) is 0 Å². The van der Waals surface area contributed by atoms with Crippen molar-refractivity contribution in [2.45, 2.75) is 19.3 Å². The molecule has 0 spiro atoms. The Hall–Kier alpha value is -8.02. The maximum absolute atomic E-state index is 5.60.